The molecule has 0 aromatic carbocycles. The van der Waals surface area contributed by atoms with E-state index >= 15 is 0 Å². The molecule has 0 aromatic rings. The first-order valence-electron chi connectivity index (χ1n) is 7.92. The third-order valence-electron chi connectivity index (χ3n) is 4.41. The van der Waals surface area contributed by atoms with Gasteiger partial charge in [0.05, 0.1) is 12.2 Å². The summed E-state index contributed by atoms with van der Waals surface area (Å²) >= 11 is 0. The van der Waals surface area contributed by atoms with Crippen LogP contribution in [0.3, 0.4) is 0 Å². The van der Waals surface area contributed by atoms with Crippen molar-refractivity contribution in [1.82, 2.24) is 5.32 Å². The van der Waals surface area contributed by atoms with Crippen LogP contribution in [-0.4, -0.2) is 24.3 Å². The number of rotatable bonds is 7. The zero-order chi connectivity index (χ0) is 13.7. The van der Waals surface area contributed by atoms with Gasteiger partial charge in [-0.2, -0.15) is 5.26 Å². The molecule has 3 heteroatoms. The highest BCUT2D eigenvalue weighted by molar-refractivity contribution is 5.06. The molecule has 2 aliphatic carbocycles. The minimum absolute atomic E-state index is 0.357. The maximum atomic E-state index is 9.29. The molecule has 3 unspecified atom stereocenters. The second-order valence-corrected chi connectivity index (χ2v) is 6.73. The van der Waals surface area contributed by atoms with Crippen molar-refractivity contribution in [2.45, 2.75) is 82.9 Å². The summed E-state index contributed by atoms with van der Waals surface area (Å²) in [6.45, 7) is 5.15. The molecular weight excluding hydrogens is 236 g/mol. The van der Waals surface area contributed by atoms with Crippen LogP contribution in [0.2, 0.25) is 0 Å². The number of hydrogen-bond donors (Lipinski definition) is 1. The Labute approximate surface area is 117 Å². The van der Waals surface area contributed by atoms with E-state index in [4.69, 9.17) is 4.74 Å². The smallest absolute Gasteiger partial charge is 0.104 e. The summed E-state index contributed by atoms with van der Waals surface area (Å²) in [4.78, 5) is 0. The lowest BCUT2D eigenvalue weighted by atomic mass is 9.89. The van der Waals surface area contributed by atoms with Gasteiger partial charge in [0.2, 0.25) is 0 Å². The summed E-state index contributed by atoms with van der Waals surface area (Å²) in [5, 5.41) is 12.7. The number of nitrogens with one attached hydrogen (secondary N) is 1. The normalized spacial score (nSPS) is 30.6. The summed E-state index contributed by atoms with van der Waals surface area (Å²) in [6.07, 6.45) is 9.91. The topological polar surface area (TPSA) is 45.0 Å². The van der Waals surface area contributed by atoms with Crippen LogP contribution < -0.4 is 5.32 Å². The fourth-order valence-corrected chi connectivity index (χ4v) is 3.04. The van der Waals surface area contributed by atoms with E-state index in [0.717, 1.165) is 25.4 Å². The monoisotopic (exact) mass is 264 g/mol. The molecule has 0 spiro atoms. The molecule has 19 heavy (non-hydrogen) atoms. The maximum Gasteiger partial charge on any atom is 0.104 e. The molecule has 0 radical (unpaired) electrons. The first-order chi connectivity index (χ1) is 9.11. The van der Waals surface area contributed by atoms with Gasteiger partial charge in [0, 0.05) is 12.6 Å². The van der Waals surface area contributed by atoms with Gasteiger partial charge in [-0.15, -0.1) is 0 Å². The third-order valence-corrected chi connectivity index (χ3v) is 4.41. The largest absolute Gasteiger partial charge is 0.378 e. The number of nitriles is 1. The number of ether oxygens (including phenoxy) is 1. The molecule has 0 bridgehead atoms. The molecule has 2 fully saturated rings. The van der Waals surface area contributed by atoms with E-state index in [9.17, 15) is 5.26 Å². The van der Waals surface area contributed by atoms with E-state index in [0.29, 0.717) is 12.1 Å². The highest BCUT2D eigenvalue weighted by Gasteiger charge is 2.32. The van der Waals surface area contributed by atoms with Gasteiger partial charge in [-0.3, -0.25) is 5.32 Å². The van der Waals surface area contributed by atoms with Crippen LogP contribution in [0.1, 0.15) is 65.2 Å². The van der Waals surface area contributed by atoms with Gasteiger partial charge in [0.15, 0.2) is 0 Å². The lowest BCUT2D eigenvalue weighted by Crippen LogP contribution is -2.42. The van der Waals surface area contributed by atoms with E-state index in [-0.39, 0.29) is 5.54 Å². The number of hydrogen-bond acceptors (Lipinski definition) is 3. The summed E-state index contributed by atoms with van der Waals surface area (Å²) < 4.78 is 5.98. The Balaban J connectivity index is 1.61. The van der Waals surface area contributed by atoms with E-state index in [1.165, 1.54) is 38.5 Å². The van der Waals surface area contributed by atoms with Crippen molar-refractivity contribution in [3.63, 3.8) is 0 Å². The Morgan fingerprint density at radius 3 is 2.74 bits per heavy atom. The first-order valence-corrected chi connectivity index (χ1v) is 7.92. The van der Waals surface area contributed by atoms with Crippen molar-refractivity contribution >= 4 is 0 Å². The minimum atomic E-state index is -0.357. The molecule has 1 N–H and O–H groups in total. The molecule has 108 valence electrons. The van der Waals surface area contributed by atoms with Crippen LogP contribution in [0.4, 0.5) is 0 Å². The zero-order valence-corrected chi connectivity index (χ0v) is 12.5. The molecule has 2 aliphatic rings. The van der Waals surface area contributed by atoms with Gasteiger partial charge in [-0.25, -0.2) is 0 Å². The third kappa shape index (κ3) is 5.12. The van der Waals surface area contributed by atoms with Crippen LogP contribution in [-0.2, 0) is 4.74 Å². The predicted molar refractivity (Wildman–Crippen MR) is 76.8 cm³/mol. The van der Waals surface area contributed by atoms with Gasteiger partial charge in [-0.05, 0) is 51.4 Å². The van der Waals surface area contributed by atoms with Crippen molar-refractivity contribution in [3.05, 3.63) is 0 Å². The van der Waals surface area contributed by atoms with Gasteiger partial charge in [-0.1, -0.05) is 19.8 Å². The first kappa shape index (κ1) is 14.8. The number of nitrogens with zero attached hydrogens (tertiary/aromatic N) is 1. The SMILES string of the molecule is CC1CCCC(OCCCC(C)(C#N)NC2CC2)C1. The van der Waals surface area contributed by atoms with Crippen molar-refractivity contribution in [3.8, 4) is 6.07 Å². The molecule has 3 atom stereocenters. The molecule has 0 aromatic heterocycles. The van der Waals surface area contributed by atoms with E-state index < -0.39 is 0 Å². The average molecular weight is 264 g/mol. The summed E-state index contributed by atoms with van der Waals surface area (Å²) in [7, 11) is 0. The fraction of sp³-hybridized carbons (Fsp3) is 0.938. The molecular formula is C16H28N2O. The van der Waals surface area contributed by atoms with E-state index in [2.05, 4.69) is 18.3 Å². The molecule has 0 heterocycles. The molecule has 2 rings (SSSR count). The van der Waals surface area contributed by atoms with Crippen LogP contribution in [0.25, 0.3) is 0 Å². The average Bonchev–Trinajstić information content (AvgIpc) is 3.19. The van der Waals surface area contributed by atoms with Gasteiger partial charge in [0.25, 0.3) is 0 Å². The van der Waals surface area contributed by atoms with Crippen molar-refractivity contribution < 1.29 is 4.74 Å². The molecule has 0 aliphatic heterocycles. The second-order valence-electron chi connectivity index (χ2n) is 6.73. The molecule has 2 saturated carbocycles. The maximum absolute atomic E-state index is 9.29. The van der Waals surface area contributed by atoms with E-state index in [1.807, 2.05) is 6.92 Å². The Hall–Kier alpha value is -0.590. The van der Waals surface area contributed by atoms with Gasteiger partial charge < -0.3 is 4.74 Å². The van der Waals surface area contributed by atoms with Gasteiger partial charge >= 0.3 is 0 Å². The Morgan fingerprint density at radius 1 is 1.32 bits per heavy atom. The summed E-state index contributed by atoms with van der Waals surface area (Å²) in [6, 6.07) is 3.02. The van der Waals surface area contributed by atoms with Crippen LogP contribution in [0.15, 0.2) is 0 Å². The lowest BCUT2D eigenvalue weighted by molar-refractivity contribution is 0.0124. The molecule has 0 amide bonds. The summed E-state index contributed by atoms with van der Waals surface area (Å²) in [5.74, 6) is 0.819. The molecule has 3 nitrogen and oxygen atoms in total. The minimum Gasteiger partial charge on any atom is -0.378 e. The molecule has 0 saturated heterocycles. The van der Waals surface area contributed by atoms with Crippen molar-refractivity contribution in [1.29, 1.82) is 5.26 Å². The lowest BCUT2D eigenvalue weighted by Gasteiger charge is -2.28. The van der Waals surface area contributed by atoms with Crippen LogP contribution in [0.5, 0.6) is 0 Å². The Bertz CT molecular complexity index is 321. The Morgan fingerprint density at radius 2 is 2.11 bits per heavy atom. The summed E-state index contributed by atoms with van der Waals surface area (Å²) in [5.41, 5.74) is -0.357. The van der Waals surface area contributed by atoms with Crippen molar-refractivity contribution in [2.75, 3.05) is 6.61 Å². The van der Waals surface area contributed by atoms with Crippen LogP contribution in [0, 0.1) is 17.2 Å². The standard InChI is InChI=1S/C16H28N2O/c1-13-5-3-6-15(11-13)19-10-4-9-16(2,12-17)18-14-7-8-14/h13-15,18H,3-11H2,1-2H3. The highest BCUT2D eigenvalue weighted by Crippen LogP contribution is 2.27. The van der Waals surface area contributed by atoms with Gasteiger partial charge in [0.1, 0.15) is 5.54 Å². The van der Waals surface area contributed by atoms with Crippen molar-refractivity contribution in [2.24, 2.45) is 5.92 Å². The highest BCUT2D eigenvalue weighted by atomic mass is 16.5. The Kier molecular flexibility index (Phi) is 5.24. The fourth-order valence-electron chi connectivity index (χ4n) is 3.04. The second kappa shape index (κ2) is 6.72. The zero-order valence-electron chi connectivity index (χ0n) is 12.5. The van der Waals surface area contributed by atoms with E-state index in [1.54, 1.807) is 0 Å². The predicted octanol–water partition coefficient (Wildman–Crippen LogP) is 3.40. The van der Waals surface area contributed by atoms with Crippen LogP contribution >= 0.6 is 0 Å². The quantitative estimate of drug-likeness (QED) is 0.717.